The molecule has 0 radical (unpaired) electrons. The molecule has 0 amide bonds. The van der Waals surface area contributed by atoms with Gasteiger partial charge in [0.25, 0.3) is 0 Å². The zero-order valence-corrected chi connectivity index (χ0v) is 33.4. The molecule has 2 heteroatoms. The van der Waals surface area contributed by atoms with E-state index in [1.54, 1.807) is 22.3 Å². The van der Waals surface area contributed by atoms with E-state index < -0.39 is 0 Å². The minimum Gasteiger partial charge on any atom is -0.486 e. The second kappa shape index (κ2) is 45.3. The first-order valence-electron chi connectivity index (χ1n) is 19.6. The van der Waals surface area contributed by atoms with Gasteiger partial charge in [-0.1, -0.05) is 197 Å². The summed E-state index contributed by atoms with van der Waals surface area (Å²) >= 11 is 0. The molecule has 0 N–H and O–H groups in total. The highest BCUT2D eigenvalue weighted by Gasteiger charge is 2.09. The van der Waals surface area contributed by atoms with Gasteiger partial charge in [0.05, 0.1) is 0 Å². The minimum atomic E-state index is 0. The van der Waals surface area contributed by atoms with Crippen molar-refractivity contribution in [3.8, 4) is 11.5 Å². The highest BCUT2D eigenvalue weighted by molar-refractivity contribution is 5.40. The highest BCUT2D eigenvalue weighted by Crippen LogP contribution is 2.28. The molecular weight excluding hydrogens is 597 g/mol. The molecule has 1 aliphatic heterocycles. The van der Waals surface area contributed by atoms with Crippen molar-refractivity contribution in [3.63, 3.8) is 0 Å². The van der Waals surface area contributed by atoms with Crippen molar-refractivity contribution in [2.75, 3.05) is 13.2 Å². The van der Waals surface area contributed by atoms with E-state index >= 15 is 0 Å². The third-order valence-electron chi connectivity index (χ3n) is 7.22. The number of aryl methyl sites for hydroxylation is 4. The number of hydrogen-bond acceptors (Lipinski definition) is 2. The summed E-state index contributed by atoms with van der Waals surface area (Å²) in [5.41, 5.74) is 6.29. The van der Waals surface area contributed by atoms with E-state index in [1.807, 2.05) is 65.8 Å². The van der Waals surface area contributed by atoms with E-state index in [2.05, 4.69) is 90.1 Å². The van der Waals surface area contributed by atoms with Crippen LogP contribution in [0.5, 0.6) is 11.5 Å². The van der Waals surface area contributed by atoms with Crippen LogP contribution in [0.1, 0.15) is 178 Å². The Morgan fingerprint density at radius 1 is 0.367 bits per heavy atom. The molecule has 2 nitrogen and oxygen atoms in total. The fourth-order valence-electron chi connectivity index (χ4n) is 4.18. The van der Waals surface area contributed by atoms with Gasteiger partial charge in [-0.2, -0.15) is 0 Å². The number of para-hydroxylation sites is 2. The van der Waals surface area contributed by atoms with E-state index in [1.165, 1.54) is 83.5 Å². The molecule has 3 aromatic rings. The largest absolute Gasteiger partial charge is 0.486 e. The zero-order chi connectivity index (χ0) is 36.0. The van der Waals surface area contributed by atoms with Crippen molar-refractivity contribution in [2.24, 2.45) is 0 Å². The molecular formula is C47H86O2. The number of unbranched alkanes of at least 4 members (excludes halogenated alkanes) is 3. The summed E-state index contributed by atoms with van der Waals surface area (Å²) < 4.78 is 10.6. The molecule has 49 heavy (non-hydrogen) atoms. The van der Waals surface area contributed by atoms with E-state index in [0.29, 0.717) is 13.2 Å². The fraction of sp³-hybridized carbons (Fsp3) is 0.617. The smallest absolute Gasteiger partial charge is 0.161 e. The third-order valence-corrected chi connectivity index (χ3v) is 7.22. The highest BCUT2D eigenvalue weighted by atomic mass is 16.6. The molecule has 0 saturated heterocycles. The molecule has 0 unspecified atom stereocenters. The van der Waals surface area contributed by atoms with E-state index in [4.69, 9.17) is 9.47 Å². The third kappa shape index (κ3) is 29.9. The number of hydrogen-bond donors (Lipinski definition) is 0. The first kappa shape index (κ1) is 55.7. The molecule has 286 valence electrons. The van der Waals surface area contributed by atoms with Crippen LogP contribution in [0.4, 0.5) is 0 Å². The van der Waals surface area contributed by atoms with Crippen LogP contribution in [0.15, 0.2) is 72.8 Å². The first-order valence-corrected chi connectivity index (χ1v) is 19.6. The maximum Gasteiger partial charge on any atom is 0.161 e. The van der Waals surface area contributed by atoms with Gasteiger partial charge in [-0.05, 0) is 79.3 Å². The summed E-state index contributed by atoms with van der Waals surface area (Å²) in [6.07, 6.45) is 17.3. The van der Waals surface area contributed by atoms with Gasteiger partial charge in [-0.25, -0.2) is 0 Å². The van der Waals surface area contributed by atoms with Crippen LogP contribution in [0.3, 0.4) is 0 Å². The lowest BCUT2D eigenvalue weighted by Gasteiger charge is -2.17. The van der Waals surface area contributed by atoms with Crippen molar-refractivity contribution in [2.45, 2.75) is 181 Å². The molecule has 0 fully saturated rings. The Kier molecular flexibility index (Phi) is 51.4. The van der Waals surface area contributed by atoms with Crippen molar-refractivity contribution >= 4 is 0 Å². The topological polar surface area (TPSA) is 18.5 Å². The van der Waals surface area contributed by atoms with Gasteiger partial charge >= 0.3 is 0 Å². The molecule has 0 bridgehead atoms. The predicted molar refractivity (Wildman–Crippen MR) is 228 cm³/mol. The van der Waals surface area contributed by atoms with Crippen LogP contribution in [0, 0.1) is 0 Å². The Labute approximate surface area is 309 Å². The van der Waals surface area contributed by atoms with Crippen molar-refractivity contribution in [1.82, 2.24) is 0 Å². The molecule has 0 atom stereocenters. The van der Waals surface area contributed by atoms with Crippen LogP contribution in [-0.2, 0) is 25.7 Å². The van der Waals surface area contributed by atoms with E-state index in [-0.39, 0.29) is 14.9 Å². The van der Waals surface area contributed by atoms with Crippen molar-refractivity contribution < 1.29 is 9.47 Å². The van der Waals surface area contributed by atoms with E-state index in [9.17, 15) is 0 Å². The van der Waals surface area contributed by atoms with Gasteiger partial charge in [0.2, 0.25) is 0 Å². The Morgan fingerprint density at radius 3 is 0.837 bits per heavy atom. The molecule has 3 aliphatic rings. The zero-order valence-electron chi connectivity index (χ0n) is 33.4. The molecule has 0 saturated carbocycles. The standard InChI is InChI=1S/C10H12.C9H10.C8H8O2.3C4H10.3C2H6.2CH4/c1-2-6-10-8-4-3-7-9(10)5-1;1-2-5-9-7-3-6-8(9)4-1;1-2-4-8-7(3-1)9-5-6-10-8;3*1-3-4-2;3*1-2;;/h1-2,5-6H,3-4,7-8H2;1-2,4-5H,3,6-7H2;1-4H,5-6H2;3*3-4H2,1-2H3;3*1-2H3;2*1H4. The molecule has 3 aromatic carbocycles. The fourth-order valence-corrected chi connectivity index (χ4v) is 4.18. The van der Waals surface area contributed by atoms with Gasteiger partial charge in [-0.15, -0.1) is 0 Å². The monoisotopic (exact) mass is 683 g/mol. The lowest BCUT2D eigenvalue weighted by Crippen LogP contribution is -2.14. The van der Waals surface area contributed by atoms with E-state index in [0.717, 1.165) is 11.5 Å². The van der Waals surface area contributed by atoms with Crippen LogP contribution in [0.2, 0.25) is 0 Å². The van der Waals surface area contributed by atoms with Gasteiger partial charge < -0.3 is 9.47 Å². The number of ether oxygens (including phenoxy) is 2. The maximum absolute atomic E-state index is 5.30. The summed E-state index contributed by atoms with van der Waals surface area (Å²) in [5, 5.41) is 0. The average Bonchev–Trinajstić information content (AvgIpc) is 3.67. The predicted octanol–water partition coefficient (Wildman–Crippen LogP) is 16.0. The number of rotatable bonds is 3. The molecule has 6 rings (SSSR count). The molecule has 1 heterocycles. The Hall–Kier alpha value is -2.74. The minimum absolute atomic E-state index is 0. The molecule has 2 aliphatic carbocycles. The molecule has 0 aromatic heterocycles. The van der Waals surface area contributed by atoms with Crippen molar-refractivity contribution in [3.05, 3.63) is 95.1 Å². The summed E-state index contributed by atoms with van der Waals surface area (Å²) in [4.78, 5) is 0. The number of fused-ring (bicyclic) bond motifs is 3. The average molecular weight is 683 g/mol. The summed E-state index contributed by atoms with van der Waals surface area (Å²) in [6.45, 7) is 26.4. The quantitative estimate of drug-likeness (QED) is 0.274. The Bertz CT molecular complexity index is 870. The second-order valence-corrected chi connectivity index (χ2v) is 10.7. The van der Waals surface area contributed by atoms with Gasteiger partial charge in [0.1, 0.15) is 13.2 Å². The Balaban J connectivity index is -0.000000158. The maximum atomic E-state index is 5.30. The SMILES string of the molecule is C.C.CC.CC.CC.CCCC.CCCC.CCCC.c1ccc2c(c1)CCC2.c1ccc2c(c1)CCCC2.c1ccc2c(c1)OCCO2. The van der Waals surface area contributed by atoms with Crippen LogP contribution in [-0.4, -0.2) is 13.2 Å². The van der Waals surface area contributed by atoms with Gasteiger partial charge in [0, 0.05) is 0 Å². The van der Waals surface area contributed by atoms with Crippen LogP contribution < -0.4 is 9.47 Å². The summed E-state index contributed by atoms with van der Waals surface area (Å²) in [5.74, 6) is 1.71. The van der Waals surface area contributed by atoms with Gasteiger partial charge in [0.15, 0.2) is 11.5 Å². The van der Waals surface area contributed by atoms with Gasteiger partial charge in [-0.3, -0.25) is 0 Å². The molecule has 0 spiro atoms. The lowest BCUT2D eigenvalue weighted by molar-refractivity contribution is 0.171. The summed E-state index contributed by atoms with van der Waals surface area (Å²) in [7, 11) is 0. The van der Waals surface area contributed by atoms with Crippen LogP contribution >= 0.6 is 0 Å². The normalized spacial score (nSPS) is 11.4. The number of benzene rings is 3. The summed E-state index contributed by atoms with van der Waals surface area (Å²) in [6, 6.07) is 25.2. The van der Waals surface area contributed by atoms with Crippen LogP contribution in [0.25, 0.3) is 0 Å². The lowest BCUT2D eigenvalue weighted by atomic mass is 9.92. The Morgan fingerprint density at radius 2 is 0.592 bits per heavy atom. The first-order chi connectivity index (χ1) is 23.1. The second-order valence-electron chi connectivity index (χ2n) is 10.7. The van der Waals surface area contributed by atoms with Crippen molar-refractivity contribution in [1.29, 1.82) is 0 Å².